The predicted molar refractivity (Wildman–Crippen MR) is 152 cm³/mol. The van der Waals surface area contributed by atoms with Crippen LogP contribution in [0.15, 0.2) is 108 Å². The molecule has 1 atom stereocenters. The number of rotatable bonds is 6. The van der Waals surface area contributed by atoms with E-state index in [0.29, 0.717) is 11.3 Å². The Balaban J connectivity index is 1.81. The number of hydrogen-bond acceptors (Lipinski definition) is 9. The van der Waals surface area contributed by atoms with Gasteiger partial charge < -0.3 is 20.5 Å². The van der Waals surface area contributed by atoms with Gasteiger partial charge in [0.25, 0.3) is 5.91 Å². The molecule has 0 saturated carbocycles. The SMILES string of the molecule is COC(=O)C1=C(C(=O)OC)N(c2ccccc2C(=O)NNC(=O)Nc2ccccc2)C(N)=C(C#N)C1c1ccccc1. The Bertz CT molecular complexity index is 1630. The fourth-order valence-corrected chi connectivity index (χ4v) is 4.49. The number of ether oxygens (including phenoxy) is 2. The van der Waals surface area contributed by atoms with Crippen LogP contribution in [-0.2, 0) is 19.1 Å². The van der Waals surface area contributed by atoms with Crippen LogP contribution < -0.4 is 26.8 Å². The number of carbonyl (C=O) groups is 4. The summed E-state index contributed by atoms with van der Waals surface area (Å²) in [6.07, 6.45) is 0. The second-order valence-corrected chi connectivity index (χ2v) is 8.75. The van der Waals surface area contributed by atoms with E-state index in [2.05, 4.69) is 22.2 Å². The van der Waals surface area contributed by atoms with Gasteiger partial charge in [-0.1, -0.05) is 60.7 Å². The van der Waals surface area contributed by atoms with Crippen LogP contribution >= 0.6 is 0 Å². The van der Waals surface area contributed by atoms with Crippen molar-refractivity contribution in [2.75, 3.05) is 24.4 Å². The molecule has 0 aliphatic carbocycles. The largest absolute Gasteiger partial charge is 0.466 e. The van der Waals surface area contributed by atoms with Gasteiger partial charge in [-0.25, -0.2) is 19.8 Å². The van der Waals surface area contributed by atoms with Crippen molar-refractivity contribution >= 4 is 35.3 Å². The maximum atomic E-state index is 13.3. The minimum atomic E-state index is -1.07. The van der Waals surface area contributed by atoms with Gasteiger partial charge in [-0.05, 0) is 29.8 Å². The van der Waals surface area contributed by atoms with E-state index in [1.165, 1.54) is 12.1 Å². The van der Waals surface area contributed by atoms with Crippen molar-refractivity contribution in [3.8, 4) is 6.07 Å². The molecule has 1 aliphatic rings. The number of anilines is 2. The Hall–Kier alpha value is -6.09. The minimum absolute atomic E-state index is 0.0267. The van der Waals surface area contributed by atoms with Crippen molar-refractivity contribution in [2.24, 2.45) is 5.73 Å². The molecule has 3 amide bonds. The molecule has 42 heavy (non-hydrogen) atoms. The van der Waals surface area contributed by atoms with E-state index in [4.69, 9.17) is 15.2 Å². The lowest BCUT2D eigenvalue weighted by atomic mass is 9.80. The Morgan fingerprint density at radius 2 is 1.43 bits per heavy atom. The van der Waals surface area contributed by atoms with Crippen LogP contribution in [0, 0.1) is 11.3 Å². The first-order chi connectivity index (χ1) is 20.3. The molecule has 3 aromatic carbocycles. The molecule has 1 heterocycles. The number of carbonyl (C=O) groups excluding carboxylic acids is 4. The highest BCUT2D eigenvalue weighted by molar-refractivity contribution is 6.09. The number of nitrogens with zero attached hydrogens (tertiary/aromatic N) is 2. The number of amides is 3. The van der Waals surface area contributed by atoms with E-state index in [1.807, 2.05) is 0 Å². The van der Waals surface area contributed by atoms with Gasteiger partial charge in [0.05, 0.1) is 48.6 Å². The lowest BCUT2D eigenvalue weighted by Gasteiger charge is -2.36. The van der Waals surface area contributed by atoms with Gasteiger partial charge in [-0.3, -0.25) is 15.1 Å². The van der Waals surface area contributed by atoms with Crippen molar-refractivity contribution in [1.82, 2.24) is 10.9 Å². The van der Waals surface area contributed by atoms with Gasteiger partial charge in [0.1, 0.15) is 11.5 Å². The van der Waals surface area contributed by atoms with Crippen LogP contribution in [0.3, 0.4) is 0 Å². The zero-order valence-corrected chi connectivity index (χ0v) is 22.6. The van der Waals surface area contributed by atoms with Gasteiger partial charge in [0.2, 0.25) is 0 Å². The van der Waals surface area contributed by atoms with Crippen LogP contribution in [0.5, 0.6) is 0 Å². The first-order valence-corrected chi connectivity index (χ1v) is 12.5. The lowest BCUT2D eigenvalue weighted by Crippen LogP contribution is -2.45. The van der Waals surface area contributed by atoms with Crippen LogP contribution in [0.1, 0.15) is 21.8 Å². The van der Waals surface area contributed by atoms with E-state index < -0.39 is 29.8 Å². The highest BCUT2D eigenvalue weighted by Crippen LogP contribution is 2.43. The molecular formula is C30H26N6O6. The van der Waals surface area contributed by atoms with Crippen molar-refractivity contribution in [2.45, 2.75) is 5.92 Å². The summed E-state index contributed by atoms with van der Waals surface area (Å²) in [6, 6.07) is 24.4. The van der Waals surface area contributed by atoms with Crippen molar-refractivity contribution in [3.63, 3.8) is 0 Å². The molecule has 212 valence electrons. The summed E-state index contributed by atoms with van der Waals surface area (Å²) in [6.45, 7) is 0. The zero-order chi connectivity index (χ0) is 30.2. The first kappa shape index (κ1) is 28.9. The minimum Gasteiger partial charge on any atom is -0.466 e. The molecule has 3 aromatic rings. The average Bonchev–Trinajstić information content (AvgIpc) is 3.03. The molecule has 0 saturated heterocycles. The molecule has 4 rings (SSSR count). The number of esters is 2. The number of benzene rings is 3. The Labute approximate surface area is 241 Å². The first-order valence-electron chi connectivity index (χ1n) is 12.5. The number of nitriles is 1. The Morgan fingerprint density at radius 1 is 0.833 bits per heavy atom. The van der Waals surface area contributed by atoms with E-state index in [1.54, 1.807) is 72.8 Å². The van der Waals surface area contributed by atoms with Crippen LogP contribution in [0.25, 0.3) is 0 Å². The highest BCUT2D eigenvalue weighted by Gasteiger charge is 2.43. The molecule has 12 heteroatoms. The molecular weight excluding hydrogens is 540 g/mol. The summed E-state index contributed by atoms with van der Waals surface area (Å²) < 4.78 is 10.1. The van der Waals surface area contributed by atoms with Gasteiger partial charge in [-0.2, -0.15) is 5.26 Å². The second-order valence-electron chi connectivity index (χ2n) is 8.75. The summed E-state index contributed by atoms with van der Waals surface area (Å²) in [5.41, 5.74) is 11.4. The summed E-state index contributed by atoms with van der Waals surface area (Å²) in [4.78, 5) is 53.3. The molecule has 0 aromatic heterocycles. The third-order valence-electron chi connectivity index (χ3n) is 6.32. The molecule has 0 spiro atoms. The van der Waals surface area contributed by atoms with Crippen molar-refractivity contribution in [3.05, 3.63) is 119 Å². The quantitative estimate of drug-likeness (QED) is 0.258. The Morgan fingerprint density at radius 3 is 2.05 bits per heavy atom. The molecule has 1 unspecified atom stereocenters. The van der Waals surface area contributed by atoms with E-state index in [-0.39, 0.29) is 33.9 Å². The zero-order valence-electron chi connectivity index (χ0n) is 22.6. The average molecular weight is 567 g/mol. The van der Waals surface area contributed by atoms with Gasteiger partial charge in [0.15, 0.2) is 0 Å². The van der Waals surface area contributed by atoms with Crippen LogP contribution in [0.4, 0.5) is 16.2 Å². The van der Waals surface area contributed by atoms with Gasteiger partial charge >= 0.3 is 18.0 Å². The summed E-state index contributed by atoms with van der Waals surface area (Å²) in [5, 5.41) is 12.8. The van der Waals surface area contributed by atoms with E-state index in [9.17, 15) is 24.4 Å². The maximum absolute atomic E-state index is 13.3. The van der Waals surface area contributed by atoms with E-state index in [0.717, 1.165) is 19.1 Å². The number of nitrogens with two attached hydrogens (primary N) is 1. The number of methoxy groups -OCH3 is 2. The third kappa shape index (κ3) is 5.75. The molecule has 0 fully saturated rings. The number of hydrazine groups is 1. The van der Waals surface area contributed by atoms with Crippen molar-refractivity contribution in [1.29, 1.82) is 5.26 Å². The molecule has 1 aliphatic heterocycles. The normalized spacial score (nSPS) is 14.4. The smallest absolute Gasteiger partial charge is 0.355 e. The fraction of sp³-hybridized carbons (Fsp3) is 0.100. The molecule has 0 bridgehead atoms. The number of nitrogens with one attached hydrogen (secondary N) is 3. The van der Waals surface area contributed by atoms with E-state index >= 15 is 0 Å². The van der Waals surface area contributed by atoms with Gasteiger partial charge in [-0.15, -0.1) is 0 Å². The number of urea groups is 1. The van der Waals surface area contributed by atoms with Crippen molar-refractivity contribution < 1.29 is 28.7 Å². The summed E-state index contributed by atoms with van der Waals surface area (Å²) in [5.74, 6) is -3.94. The monoisotopic (exact) mass is 566 g/mol. The Kier molecular flexibility index (Phi) is 8.84. The molecule has 5 N–H and O–H groups in total. The predicted octanol–water partition coefficient (Wildman–Crippen LogP) is 3.05. The second kappa shape index (κ2) is 12.8. The highest BCUT2D eigenvalue weighted by atomic mass is 16.5. The van der Waals surface area contributed by atoms with Crippen LogP contribution in [-0.4, -0.2) is 38.1 Å². The maximum Gasteiger partial charge on any atom is 0.355 e. The standard InChI is InChI=1S/C30H26N6O6/c1-41-28(38)24-23(18-11-5-3-6-12-18)21(17-31)26(32)36(25(24)29(39)42-2)22-16-10-9-15-20(22)27(37)34-35-30(40)33-19-13-7-4-8-14-19/h3-16,23H,32H2,1-2H3,(H,34,37)(H2,33,35,40). The molecule has 0 radical (unpaired) electrons. The third-order valence-corrected chi connectivity index (χ3v) is 6.32. The number of allylic oxidation sites excluding steroid dienone is 1. The summed E-state index contributed by atoms with van der Waals surface area (Å²) >= 11 is 0. The van der Waals surface area contributed by atoms with Gasteiger partial charge in [0, 0.05) is 5.69 Å². The summed E-state index contributed by atoms with van der Waals surface area (Å²) in [7, 11) is 2.26. The molecule has 12 nitrogen and oxygen atoms in total. The fourth-order valence-electron chi connectivity index (χ4n) is 4.49. The number of para-hydroxylation sites is 2. The number of hydrogen-bond donors (Lipinski definition) is 4. The lowest BCUT2D eigenvalue weighted by molar-refractivity contribution is -0.139. The van der Waals surface area contributed by atoms with Crippen LogP contribution in [0.2, 0.25) is 0 Å². The topological polar surface area (TPSA) is 176 Å².